The molecule has 38 heavy (non-hydrogen) atoms. The van der Waals surface area contributed by atoms with Crippen molar-refractivity contribution in [3.05, 3.63) is 12.2 Å². The van der Waals surface area contributed by atoms with Gasteiger partial charge in [0, 0.05) is 13.2 Å². The van der Waals surface area contributed by atoms with E-state index >= 15 is 0 Å². The van der Waals surface area contributed by atoms with Gasteiger partial charge in [-0.05, 0) is 61.5 Å². The molecule has 11 atom stereocenters. The Morgan fingerprint density at radius 3 is 2.66 bits per heavy atom. The molecule has 1 amide bonds. The monoisotopic (exact) mass is 558 g/mol. The first kappa shape index (κ1) is 31.3. The lowest BCUT2D eigenvalue weighted by Crippen LogP contribution is -2.65. The molecule has 4 aliphatic heterocycles. The number of thioether (sulfide) groups is 1. The smallest absolute Gasteiger partial charge is 0.290 e. The molecule has 4 rings (SSSR count). The molecule has 3 fully saturated rings. The van der Waals surface area contributed by atoms with Crippen molar-refractivity contribution in [2.24, 2.45) is 23.7 Å². The van der Waals surface area contributed by atoms with Crippen molar-refractivity contribution in [2.75, 3.05) is 18.9 Å². The zero-order valence-electron chi connectivity index (χ0n) is 22.6. The van der Waals surface area contributed by atoms with Crippen molar-refractivity contribution in [2.45, 2.75) is 101 Å². The van der Waals surface area contributed by atoms with Gasteiger partial charge in [-0.2, -0.15) is 0 Å². The van der Waals surface area contributed by atoms with Gasteiger partial charge in [-0.3, -0.25) is 9.59 Å². The third-order valence-corrected chi connectivity index (χ3v) is 9.27. The fourth-order valence-electron chi connectivity index (χ4n) is 6.18. The first-order valence-corrected chi connectivity index (χ1v) is 14.9. The number of carbonyl (C=O) groups is 2. The van der Waals surface area contributed by atoms with E-state index in [-0.39, 0.29) is 24.4 Å². The second-order valence-corrected chi connectivity index (χ2v) is 12.6. The fourth-order valence-corrected chi connectivity index (χ4v) is 7.31. The number of ether oxygens (including phenoxy) is 2. The summed E-state index contributed by atoms with van der Waals surface area (Å²) in [5, 5.41) is 45.3. The molecule has 0 aromatic rings. The van der Waals surface area contributed by atoms with Crippen molar-refractivity contribution in [3.8, 4) is 0 Å². The Morgan fingerprint density at radius 2 is 1.95 bits per heavy atom. The Bertz CT molecular complexity index is 786. The first-order chi connectivity index (χ1) is 18.2. The van der Waals surface area contributed by atoms with Crippen LogP contribution in [0.3, 0.4) is 0 Å². The number of allylic oxidation sites excluding steroid dienone is 1. The molecule has 0 unspecified atom stereocenters. The van der Waals surface area contributed by atoms with Gasteiger partial charge < -0.3 is 40.5 Å². The zero-order valence-corrected chi connectivity index (χ0v) is 23.5. The highest BCUT2D eigenvalue weighted by molar-refractivity contribution is 7.99. The number of amides is 1. The first-order valence-electron chi connectivity index (χ1n) is 13.9. The predicted octanol–water partition coefficient (Wildman–Crippen LogP) is 1.13. The van der Waals surface area contributed by atoms with E-state index in [4.69, 9.17) is 19.4 Å². The number of carboxylic acid groups (broad SMARTS) is 1. The summed E-state index contributed by atoms with van der Waals surface area (Å²) in [5.74, 6) is 2.05. The number of fused-ring (bicyclic) bond motifs is 3. The van der Waals surface area contributed by atoms with Crippen LogP contribution in [0.25, 0.3) is 0 Å². The van der Waals surface area contributed by atoms with Crippen LogP contribution in [-0.4, -0.2) is 99.7 Å². The molecule has 218 valence electrons. The van der Waals surface area contributed by atoms with Crippen molar-refractivity contribution in [3.63, 3.8) is 0 Å². The summed E-state index contributed by atoms with van der Waals surface area (Å²) in [6, 6.07) is -1.02. The van der Waals surface area contributed by atoms with Gasteiger partial charge in [0.15, 0.2) is 0 Å². The molecule has 0 spiro atoms. The molecule has 0 radical (unpaired) electrons. The molecule has 6 N–H and O–H groups in total. The quantitative estimate of drug-likeness (QED) is 0.218. The van der Waals surface area contributed by atoms with E-state index in [0.717, 1.165) is 38.0 Å². The topological polar surface area (TPSA) is 158 Å². The molecular weight excluding hydrogens is 512 g/mol. The van der Waals surface area contributed by atoms with Gasteiger partial charge >= 0.3 is 0 Å². The van der Waals surface area contributed by atoms with Crippen LogP contribution in [0.15, 0.2) is 12.2 Å². The Morgan fingerprint density at radius 1 is 1.21 bits per heavy atom. The van der Waals surface area contributed by atoms with Gasteiger partial charge in [-0.1, -0.05) is 32.9 Å². The van der Waals surface area contributed by atoms with Crippen LogP contribution >= 0.6 is 11.8 Å². The Hall–Kier alpha value is -1.21. The third-order valence-electron chi connectivity index (χ3n) is 8.03. The summed E-state index contributed by atoms with van der Waals surface area (Å²) in [5.41, 5.74) is -0.653. The van der Waals surface area contributed by atoms with E-state index in [0.29, 0.717) is 24.4 Å². The molecular formula is C27H46N2O8S. The Balaban J connectivity index is 0.00000127. The minimum Gasteiger partial charge on any atom is -0.483 e. The number of nitrogens with one attached hydrogen (secondary N) is 2. The van der Waals surface area contributed by atoms with Gasteiger partial charge in [0.1, 0.15) is 35.9 Å². The van der Waals surface area contributed by atoms with Crippen LogP contribution in [0.5, 0.6) is 0 Å². The number of hydrogen-bond acceptors (Lipinski definition) is 9. The highest BCUT2D eigenvalue weighted by atomic mass is 32.2. The summed E-state index contributed by atoms with van der Waals surface area (Å²) < 4.78 is 12.4. The maximum atomic E-state index is 13.6. The molecule has 4 aliphatic rings. The number of aliphatic hydroxyl groups excluding tert-OH is 3. The lowest BCUT2D eigenvalue weighted by molar-refractivity contribution is -0.207. The number of aliphatic hydroxyl groups is 3. The average molecular weight is 559 g/mol. The molecule has 0 aromatic carbocycles. The Kier molecular flexibility index (Phi) is 12.3. The summed E-state index contributed by atoms with van der Waals surface area (Å²) >= 11 is 1.44. The zero-order chi connectivity index (χ0) is 27.8. The lowest BCUT2D eigenvalue weighted by Gasteiger charge is -2.44. The molecule has 11 heteroatoms. The summed E-state index contributed by atoms with van der Waals surface area (Å²) in [7, 11) is 0. The minimum absolute atomic E-state index is 0.132. The SMILES string of the molecule is CC(C)C[C@@H]1CCO[C@@H]2[C@H](CN[C@@H]2C(=O)N[C@H]2[C@H]3O[C@H](SCCC/C=C\[C@H]2C)[C@H](O)[C@@H](O)[C@H]3O)C1.O=CO. The summed E-state index contributed by atoms with van der Waals surface area (Å²) in [4.78, 5) is 21.9. The van der Waals surface area contributed by atoms with Gasteiger partial charge in [-0.25, -0.2) is 0 Å². The van der Waals surface area contributed by atoms with Crippen LogP contribution in [0.2, 0.25) is 0 Å². The van der Waals surface area contributed by atoms with Crippen LogP contribution in [-0.2, 0) is 19.1 Å². The normalized spacial score (nSPS) is 42.4. The largest absolute Gasteiger partial charge is 0.483 e. The molecule has 10 nitrogen and oxygen atoms in total. The van der Waals surface area contributed by atoms with Crippen molar-refractivity contribution >= 4 is 24.1 Å². The fraction of sp³-hybridized carbons (Fsp3) is 0.852. The highest BCUT2D eigenvalue weighted by Gasteiger charge is 2.49. The second-order valence-electron chi connectivity index (χ2n) is 11.4. The number of hydrogen-bond donors (Lipinski definition) is 6. The van der Waals surface area contributed by atoms with Crippen LogP contribution < -0.4 is 10.6 Å². The van der Waals surface area contributed by atoms with E-state index in [2.05, 4.69) is 30.6 Å². The van der Waals surface area contributed by atoms with E-state index < -0.39 is 41.9 Å². The Labute approximate surface area is 229 Å². The van der Waals surface area contributed by atoms with E-state index in [1.54, 1.807) is 0 Å². The van der Waals surface area contributed by atoms with E-state index in [9.17, 15) is 20.1 Å². The van der Waals surface area contributed by atoms with Gasteiger partial charge in [0.2, 0.25) is 5.91 Å². The number of rotatable bonds is 4. The van der Waals surface area contributed by atoms with Gasteiger partial charge in [0.25, 0.3) is 6.47 Å². The van der Waals surface area contributed by atoms with E-state index in [1.165, 1.54) is 18.2 Å². The van der Waals surface area contributed by atoms with Crippen molar-refractivity contribution < 1.29 is 39.5 Å². The third kappa shape index (κ3) is 7.93. The molecule has 0 aromatic heterocycles. The lowest BCUT2D eigenvalue weighted by atomic mass is 9.85. The van der Waals surface area contributed by atoms with Crippen molar-refractivity contribution in [1.29, 1.82) is 0 Å². The van der Waals surface area contributed by atoms with Crippen LogP contribution in [0.1, 0.15) is 52.9 Å². The van der Waals surface area contributed by atoms with Crippen LogP contribution in [0.4, 0.5) is 0 Å². The van der Waals surface area contributed by atoms with Gasteiger partial charge in [0.05, 0.1) is 12.1 Å². The molecule has 4 heterocycles. The maximum absolute atomic E-state index is 13.6. The predicted molar refractivity (Wildman–Crippen MR) is 145 cm³/mol. The average Bonchev–Trinajstić information content (AvgIpc) is 3.14. The highest BCUT2D eigenvalue weighted by Crippen LogP contribution is 2.35. The standard InChI is InChI=1S/C26H44N2O6S.CH2O2/c1-14(2)11-16-8-9-33-23-17(12-16)13-27-19(23)25(32)28-18-15(3)7-5-4-6-10-35-26-22(31)20(29)21(30)24(18)34-26;2-1-3/h5,7,14-24,26-27,29-31H,4,6,8-13H2,1-3H3,(H,28,32);1H,(H,2,3)/b7-5-;/t15-,16+,17+,18-,19+,20+,21-,22-,23-,24-,26-;/m1./s1. The molecule has 2 bridgehead atoms. The van der Waals surface area contributed by atoms with Gasteiger partial charge in [-0.15, -0.1) is 11.8 Å². The molecule has 3 saturated heterocycles. The number of carbonyl (C=O) groups excluding carboxylic acids is 1. The molecule has 0 aliphatic carbocycles. The van der Waals surface area contributed by atoms with Crippen molar-refractivity contribution in [1.82, 2.24) is 10.6 Å². The van der Waals surface area contributed by atoms with Crippen LogP contribution in [0, 0.1) is 23.7 Å². The second kappa shape index (κ2) is 15.0. The summed E-state index contributed by atoms with van der Waals surface area (Å²) in [6.45, 7) is 7.66. The molecule has 0 saturated carbocycles. The van der Waals surface area contributed by atoms with E-state index in [1.807, 2.05) is 13.0 Å². The summed E-state index contributed by atoms with van der Waals surface area (Å²) in [6.07, 6.45) is 4.41. The minimum atomic E-state index is -1.33. The maximum Gasteiger partial charge on any atom is 0.290 e.